The van der Waals surface area contributed by atoms with Gasteiger partial charge >= 0.3 is 0 Å². The van der Waals surface area contributed by atoms with Gasteiger partial charge in [-0.05, 0) is 48.2 Å². The first-order valence-corrected chi connectivity index (χ1v) is 9.74. The topological polar surface area (TPSA) is 61.4 Å². The molecule has 0 saturated carbocycles. The van der Waals surface area contributed by atoms with Crippen molar-refractivity contribution in [3.8, 4) is 0 Å². The summed E-state index contributed by atoms with van der Waals surface area (Å²) in [5.41, 5.74) is 4.26. The van der Waals surface area contributed by atoms with Crippen molar-refractivity contribution in [1.29, 1.82) is 0 Å². The summed E-state index contributed by atoms with van der Waals surface area (Å²) < 4.78 is 0. The number of hydrogen-bond acceptors (Lipinski definition) is 3. The SMILES string of the molecule is CNC(=O)c1ccc(CN(C)CC(=O)NCCc2ccc(C(C)C)cc2)cc1. The zero-order valence-electron chi connectivity index (χ0n) is 17.3. The number of carbonyl (C=O) groups excluding carboxylic acids is 2. The van der Waals surface area contributed by atoms with E-state index in [0.717, 1.165) is 12.0 Å². The average molecular weight is 382 g/mol. The van der Waals surface area contributed by atoms with E-state index in [9.17, 15) is 9.59 Å². The number of likely N-dealkylation sites (N-methyl/N-ethyl adjacent to an activating group) is 1. The van der Waals surface area contributed by atoms with Crippen LogP contribution in [0.25, 0.3) is 0 Å². The average Bonchev–Trinajstić information content (AvgIpc) is 2.68. The molecular weight excluding hydrogens is 350 g/mol. The van der Waals surface area contributed by atoms with Gasteiger partial charge in [0.05, 0.1) is 6.54 Å². The van der Waals surface area contributed by atoms with E-state index in [4.69, 9.17) is 0 Å². The standard InChI is InChI=1S/C23H31N3O2/c1-17(2)20-9-5-18(6-10-20)13-14-25-22(27)16-26(4)15-19-7-11-21(12-8-19)23(28)24-3/h5-12,17H,13-16H2,1-4H3,(H,24,28)(H,25,27). The zero-order chi connectivity index (χ0) is 20.5. The summed E-state index contributed by atoms with van der Waals surface area (Å²) in [5, 5.41) is 5.59. The second-order valence-corrected chi connectivity index (χ2v) is 7.44. The molecule has 28 heavy (non-hydrogen) atoms. The van der Waals surface area contributed by atoms with Crippen molar-refractivity contribution >= 4 is 11.8 Å². The Labute approximate surface area is 168 Å². The van der Waals surface area contributed by atoms with Crippen molar-refractivity contribution in [1.82, 2.24) is 15.5 Å². The highest BCUT2D eigenvalue weighted by atomic mass is 16.2. The quantitative estimate of drug-likeness (QED) is 0.702. The second kappa shape index (κ2) is 10.6. The van der Waals surface area contributed by atoms with Gasteiger partial charge in [-0.1, -0.05) is 50.2 Å². The molecule has 5 heteroatoms. The van der Waals surface area contributed by atoms with E-state index in [1.165, 1.54) is 11.1 Å². The van der Waals surface area contributed by atoms with Crippen molar-refractivity contribution in [2.24, 2.45) is 0 Å². The van der Waals surface area contributed by atoms with E-state index in [1.54, 1.807) is 19.2 Å². The van der Waals surface area contributed by atoms with Crippen LogP contribution in [0.3, 0.4) is 0 Å². The first-order chi connectivity index (χ1) is 13.4. The maximum Gasteiger partial charge on any atom is 0.251 e. The van der Waals surface area contributed by atoms with Crippen molar-refractivity contribution in [2.45, 2.75) is 32.7 Å². The number of rotatable bonds is 9. The number of hydrogen-bond donors (Lipinski definition) is 2. The van der Waals surface area contributed by atoms with Crippen molar-refractivity contribution in [2.75, 3.05) is 27.2 Å². The fraction of sp³-hybridized carbons (Fsp3) is 0.391. The molecule has 2 N–H and O–H groups in total. The molecule has 0 bridgehead atoms. The van der Waals surface area contributed by atoms with Crippen molar-refractivity contribution < 1.29 is 9.59 Å². The van der Waals surface area contributed by atoms with E-state index in [0.29, 0.717) is 31.1 Å². The van der Waals surface area contributed by atoms with Gasteiger partial charge in [0.15, 0.2) is 0 Å². The van der Waals surface area contributed by atoms with E-state index >= 15 is 0 Å². The molecular formula is C23H31N3O2. The van der Waals surface area contributed by atoms with Gasteiger partial charge < -0.3 is 10.6 Å². The molecule has 0 radical (unpaired) electrons. The summed E-state index contributed by atoms with van der Waals surface area (Å²) >= 11 is 0. The smallest absolute Gasteiger partial charge is 0.251 e. The van der Waals surface area contributed by atoms with Crippen LogP contribution in [0.4, 0.5) is 0 Å². The molecule has 2 amide bonds. The Morgan fingerprint density at radius 3 is 2.14 bits per heavy atom. The van der Waals surface area contributed by atoms with Gasteiger partial charge in [0.2, 0.25) is 5.91 Å². The molecule has 0 atom stereocenters. The molecule has 2 rings (SSSR count). The molecule has 0 unspecified atom stereocenters. The fourth-order valence-corrected chi connectivity index (χ4v) is 2.99. The Hall–Kier alpha value is -2.66. The van der Waals surface area contributed by atoms with Crippen LogP contribution in [-0.4, -0.2) is 43.9 Å². The number of carbonyl (C=O) groups is 2. The first-order valence-electron chi connectivity index (χ1n) is 9.74. The third-order valence-corrected chi connectivity index (χ3v) is 4.69. The maximum absolute atomic E-state index is 12.2. The highest BCUT2D eigenvalue weighted by Crippen LogP contribution is 2.14. The number of amides is 2. The van der Waals surface area contributed by atoms with Gasteiger partial charge in [-0.2, -0.15) is 0 Å². The van der Waals surface area contributed by atoms with Crippen molar-refractivity contribution in [3.05, 3.63) is 70.8 Å². The fourth-order valence-electron chi connectivity index (χ4n) is 2.99. The van der Waals surface area contributed by atoms with E-state index in [-0.39, 0.29) is 11.8 Å². The maximum atomic E-state index is 12.2. The van der Waals surface area contributed by atoms with Gasteiger partial charge in [-0.3, -0.25) is 14.5 Å². The minimum atomic E-state index is -0.0990. The molecule has 0 saturated heterocycles. The molecule has 0 aromatic heterocycles. The second-order valence-electron chi connectivity index (χ2n) is 7.44. The molecule has 0 aliphatic heterocycles. The highest BCUT2D eigenvalue weighted by molar-refractivity contribution is 5.93. The lowest BCUT2D eigenvalue weighted by atomic mass is 10.0. The van der Waals surface area contributed by atoms with Gasteiger partial charge in [-0.15, -0.1) is 0 Å². The van der Waals surface area contributed by atoms with E-state index in [2.05, 4.69) is 48.7 Å². The van der Waals surface area contributed by atoms with Crippen LogP contribution in [0.15, 0.2) is 48.5 Å². The largest absolute Gasteiger partial charge is 0.355 e. The van der Waals surface area contributed by atoms with Gasteiger partial charge in [-0.25, -0.2) is 0 Å². The van der Waals surface area contributed by atoms with E-state index in [1.807, 2.05) is 24.1 Å². The zero-order valence-corrected chi connectivity index (χ0v) is 17.3. The third-order valence-electron chi connectivity index (χ3n) is 4.69. The molecule has 0 aliphatic rings. The summed E-state index contributed by atoms with van der Waals surface area (Å²) in [5.74, 6) is 0.450. The lowest BCUT2D eigenvalue weighted by Gasteiger charge is -2.16. The summed E-state index contributed by atoms with van der Waals surface area (Å²) in [7, 11) is 3.53. The normalized spacial score (nSPS) is 10.9. The lowest BCUT2D eigenvalue weighted by molar-refractivity contribution is -0.122. The minimum absolute atomic E-state index is 0.0169. The highest BCUT2D eigenvalue weighted by Gasteiger charge is 2.08. The summed E-state index contributed by atoms with van der Waals surface area (Å²) in [6.07, 6.45) is 0.828. The van der Waals surface area contributed by atoms with Crippen LogP contribution in [0.5, 0.6) is 0 Å². The number of nitrogens with one attached hydrogen (secondary N) is 2. The molecule has 0 aliphatic carbocycles. The van der Waals surface area contributed by atoms with Gasteiger partial charge in [0.25, 0.3) is 5.91 Å². The summed E-state index contributed by atoms with van der Waals surface area (Å²) in [6.45, 7) is 5.99. The molecule has 0 spiro atoms. The monoisotopic (exact) mass is 381 g/mol. The Morgan fingerprint density at radius 1 is 0.964 bits per heavy atom. The number of benzene rings is 2. The predicted octanol–water partition coefficient (Wildman–Crippen LogP) is 2.96. The summed E-state index contributed by atoms with van der Waals surface area (Å²) in [4.78, 5) is 25.7. The summed E-state index contributed by atoms with van der Waals surface area (Å²) in [6, 6.07) is 16.0. The van der Waals surface area contributed by atoms with Crippen LogP contribution >= 0.6 is 0 Å². The van der Waals surface area contributed by atoms with Crippen LogP contribution < -0.4 is 10.6 Å². The van der Waals surface area contributed by atoms with Crippen LogP contribution in [0.2, 0.25) is 0 Å². The Kier molecular flexibility index (Phi) is 8.20. The van der Waals surface area contributed by atoms with Crippen LogP contribution in [0, 0.1) is 0 Å². The molecule has 0 heterocycles. The van der Waals surface area contributed by atoms with Crippen LogP contribution in [-0.2, 0) is 17.8 Å². The molecule has 5 nitrogen and oxygen atoms in total. The van der Waals surface area contributed by atoms with E-state index < -0.39 is 0 Å². The van der Waals surface area contributed by atoms with Crippen molar-refractivity contribution in [3.63, 3.8) is 0 Å². The van der Waals surface area contributed by atoms with Crippen LogP contribution in [0.1, 0.15) is 46.8 Å². The Morgan fingerprint density at radius 2 is 1.57 bits per heavy atom. The third kappa shape index (κ3) is 6.82. The first kappa shape index (κ1) is 21.6. The lowest BCUT2D eigenvalue weighted by Crippen LogP contribution is -2.35. The Balaban J connectivity index is 1.72. The number of nitrogens with zero attached hydrogens (tertiary/aromatic N) is 1. The molecule has 2 aromatic carbocycles. The minimum Gasteiger partial charge on any atom is -0.355 e. The Bertz CT molecular complexity index is 767. The van der Waals surface area contributed by atoms with Gasteiger partial charge in [0.1, 0.15) is 0 Å². The molecule has 0 fully saturated rings. The predicted molar refractivity (Wildman–Crippen MR) is 113 cm³/mol. The molecule has 150 valence electrons. The van der Waals surface area contributed by atoms with Gasteiger partial charge in [0, 0.05) is 25.7 Å². The molecule has 2 aromatic rings.